The second-order valence-corrected chi connectivity index (χ2v) is 6.43. The van der Waals surface area contributed by atoms with Crippen LogP contribution >= 0.6 is 0 Å². The Morgan fingerprint density at radius 1 is 1.07 bits per heavy atom. The van der Waals surface area contributed by atoms with Crippen LogP contribution in [0.25, 0.3) is 11.4 Å². The Kier molecular flexibility index (Phi) is 5.53. The fourth-order valence-electron chi connectivity index (χ4n) is 3.05. The largest absolute Gasteiger partial charge is 0.378 e. The minimum absolute atomic E-state index is 0.196. The second kappa shape index (κ2) is 8.58. The van der Waals surface area contributed by atoms with Crippen molar-refractivity contribution in [1.29, 1.82) is 0 Å². The Morgan fingerprint density at radius 3 is 2.57 bits per heavy atom. The van der Waals surface area contributed by atoms with E-state index in [1.807, 2.05) is 42.5 Å². The van der Waals surface area contributed by atoms with Crippen LogP contribution in [0.5, 0.6) is 0 Å². The van der Waals surface area contributed by atoms with Crippen molar-refractivity contribution in [3.8, 4) is 11.4 Å². The molecule has 3 heterocycles. The first-order valence-corrected chi connectivity index (χ1v) is 9.23. The normalized spacial score (nSPS) is 13.9. The highest BCUT2D eigenvalue weighted by atomic mass is 16.5. The van der Waals surface area contributed by atoms with Crippen molar-refractivity contribution in [2.75, 3.05) is 31.2 Å². The maximum atomic E-state index is 12.9. The molecule has 142 valence electrons. The van der Waals surface area contributed by atoms with Gasteiger partial charge in [0, 0.05) is 43.8 Å². The molecule has 0 atom stereocenters. The van der Waals surface area contributed by atoms with Gasteiger partial charge in [-0.25, -0.2) is 9.97 Å². The maximum Gasteiger partial charge on any atom is 0.256 e. The van der Waals surface area contributed by atoms with Crippen molar-refractivity contribution >= 4 is 11.7 Å². The average molecular weight is 375 g/mol. The molecule has 0 radical (unpaired) electrons. The van der Waals surface area contributed by atoms with Crippen molar-refractivity contribution in [2.45, 2.75) is 6.54 Å². The summed E-state index contributed by atoms with van der Waals surface area (Å²) in [6, 6.07) is 13.5. The molecule has 1 aliphatic rings. The number of anilines is 1. The van der Waals surface area contributed by atoms with Crippen LogP contribution in [-0.4, -0.2) is 47.2 Å². The SMILES string of the molecule is O=C(NCc1ccncc1)c1cnc(-c2ccccc2)nc1N1CCOCC1. The second-order valence-electron chi connectivity index (χ2n) is 6.43. The molecule has 0 aliphatic carbocycles. The number of aromatic nitrogens is 3. The number of nitrogens with zero attached hydrogens (tertiary/aromatic N) is 4. The van der Waals surface area contributed by atoms with Gasteiger partial charge in [0.2, 0.25) is 0 Å². The zero-order valence-electron chi connectivity index (χ0n) is 15.4. The van der Waals surface area contributed by atoms with Crippen molar-refractivity contribution in [2.24, 2.45) is 0 Å². The number of carbonyl (C=O) groups excluding carboxylic acids is 1. The highest BCUT2D eigenvalue weighted by Crippen LogP contribution is 2.23. The predicted octanol–water partition coefficient (Wildman–Crippen LogP) is 2.31. The Balaban J connectivity index is 1.62. The zero-order valence-corrected chi connectivity index (χ0v) is 15.4. The molecule has 0 bridgehead atoms. The Bertz CT molecular complexity index is 928. The Morgan fingerprint density at radius 2 is 1.82 bits per heavy atom. The van der Waals surface area contributed by atoms with Gasteiger partial charge in [-0.05, 0) is 17.7 Å². The van der Waals surface area contributed by atoms with E-state index in [0.29, 0.717) is 50.1 Å². The number of hydrogen-bond acceptors (Lipinski definition) is 6. The van der Waals surface area contributed by atoms with Gasteiger partial charge in [0.1, 0.15) is 11.4 Å². The van der Waals surface area contributed by atoms with E-state index in [-0.39, 0.29) is 5.91 Å². The van der Waals surface area contributed by atoms with Crippen LogP contribution in [0.3, 0.4) is 0 Å². The first-order chi connectivity index (χ1) is 13.8. The van der Waals surface area contributed by atoms with Crippen molar-refractivity contribution in [1.82, 2.24) is 20.3 Å². The smallest absolute Gasteiger partial charge is 0.256 e. The number of morpholine rings is 1. The first-order valence-electron chi connectivity index (χ1n) is 9.23. The van der Waals surface area contributed by atoms with Crippen LogP contribution < -0.4 is 10.2 Å². The van der Waals surface area contributed by atoms with Crippen LogP contribution in [0.15, 0.2) is 61.1 Å². The minimum Gasteiger partial charge on any atom is -0.378 e. The van der Waals surface area contributed by atoms with Gasteiger partial charge in [0.25, 0.3) is 5.91 Å². The van der Waals surface area contributed by atoms with Gasteiger partial charge in [-0.1, -0.05) is 30.3 Å². The average Bonchev–Trinajstić information content (AvgIpc) is 2.79. The number of nitrogens with one attached hydrogen (secondary N) is 1. The summed E-state index contributed by atoms with van der Waals surface area (Å²) in [6.45, 7) is 3.03. The lowest BCUT2D eigenvalue weighted by Crippen LogP contribution is -2.38. The molecule has 1 aromatic carbocycles. The molecule has 28 heavy (non-hydrogen) atoms. The van der Waals surface area contributed by atoms with E-state index in [0.717, 1.165) is 11.1 Å². The van der Waals surface area contributed by atoms with E-state index >= 15 is 0 Å². The monoisotopic (exact) mass is 375 g/mol. The number of hydrogen-bond donors (Lipinski definition) is 1. The molecule has 1 aliphatic heterocycles. The molecule has 2 aromatic heterocycles. The molecular formula is C21H21N5O2. The quantitative estimate of drug-likeness (QED) is 0.737. The molecule has 1 amide bonds. The first kappa shape index (κ1) is 18.1. The van der Waals surface area contributed by atoms with Gasteiger partial charge in [-0.2, -0.15) is 0 Å². The third-order valence-corrected chi connectivity index (χ3v) is 4.56. The van der Waals surface area contributed by atoms with E-state index in [1.165, 1.54) is 0 Å². The molecule has 3 aromatic rings. The maximum absolute atomic E-state index is 12.9. The number of rotatable bonds is 5. The summed E-state index contributed by atoms with van der Waals surface area (Å²) in [5.41, 5.74) is 2.37. The summed E-state index contributed by atoms with van der Waals surface area (Å²) in [5, 5.41) is 2.95. The molecule has 4 rings (SSSR count). The number of amides is 1. The van der Waals surface area contributed by atoms with Gasteiger partial charge >= 0.3 is 0 Å². The molecular weight excluding hydrogens is 354 g/mol. The van der Waals surface area contributed by atoms with Gasteiger partial charge in [0.15, 0.2) is 5.82 Å². The van der Waals surface area contributed by atoms with Gasteiger partial charge < -0.3 is 15.0 Å². The van der Waals surface area contributed by atoms with Gasteiger partial charge in [0.05, 0.1) is 13.2 Å². The van der Waals surface area contributed by atoms with Crippen LogP contribution in [0.2, 0.25) is 0 Å². The van der Waals surface area contributed by atoms with Crippen LogP contribution in [0, 0.1) is 0 Å². The fraction of sp³-hybridized carbons (Fsp3) is 0.238. The van der Waals surface area contributed by atoms with E-state index in [2.05, 4.69) is 20.2 Å². The number of pyridine rings is 1. The topological polar surface area (TPSA) is 80.2 Å². The summed E-state index contributed by atoms with van der Waals surface area (Å²) >= 11 is 0. The van der Waals surface area contributed by atoms with Crippen LogP contribution in [-0.2, 0) is 11.3 Å². The van der Waals surface area contributed by atoms with Crippen molar-refractivity contribution in [3.05, 3.63) is 72.2 Å². The molecule has 1 saturated heterocycles. The minimum atomic E-state index is -0.196. The van der Waals surface area contributed by atoms with Crippen LogP contribution in [0.4, 0.5) is 5.82 Å². The highest BCUT2D eigenvalue weighted by molar-refractivity contribution is 5.98. The summed E-state index contributed by atoms with van der Waals surface area (Å²) < 4.78 is 5.45. The Labute approximate surface area is 163 Å². The third-order valence-electron chi connectivity index (χ3n) is 4.56. The van der Waals surface area contributed by atoms with Gasteiger partial charge in [-0.3, -0.25) is 9.78 Å². The molecule has 1 N–H and O–H groups in total. The molecule has 7 nitrogen and oxygen atoms in total. The standard InChI is InChI=1S/C21H21N5O2/c27-21(24-14-16-6-8-22-9-7-16)18-15-23-19(17-4-2-1-3-5-17)25-20(18)26-10-12-28-13-11-26/h1-9,15H,10-14H2,(H,24,27). The van der Waals surface area contributed by atoms with E-state index in [9.17, 15) is 4.79 Å². The summed E-state index contributed by atoms with van der Waals surface area (Å²) in [6.07, 6.45) is 5.03. The Hall–Kier alpha value is -3.32. The summed E-state index contributed by atoms with van der Waals surface area (Å²) in [4.78, 5) is 28.1. The van der Waals surface area contributed by atoms with Crippen LogP contribution in [0.1, 0.15) is 15.9 Å². The lowest BCUT2D eigenvalue weighted by Gasteiger charge is -2.29. The van der Waals surface area contributed by atoms with E-state index in [4.69, 9.17) is 9.72 Å². The molecule has 7 heteroatoms. The number of carbonyl (C=O) groups is 1. The van der Waals surface area contributed by atoms with Crippen molar-refractivity contribution in [3.63, 3.8) is 0 Å². The lowest BCUT2D eigenvalue weighted by atomic mass is 10.2. The molecule has 0 saturated carbocycles. The molecule has 1 fully saturated rings. The lowest BCUT2D eigenvalue weighted by molar-refractivity contribution is 0.0948. The molecule has 0 unspecified atom stereocenters. The van der Waals surface area contributed by atoms with Crippen molar-refractivity contribution < 1.29 is 9.53 Å². The van der Waals surface area contributed by atoms with Gasteiger partial charge in [-0.15, -0.1) is 0 Å². The number of benzene rings is 1. The zero-order chi connectivity index (χ0) is 19.2. The van der Waals surface area contributed by atoms with E-state index < -0.39 is 0 Å². The summed E-state index contributed by atoms with van der Waals surface area (Å²) in [7, 11) is 0. The highest BCUT2D eigenvalue weighted by Gasteiger charge is 2.22. The molecule has 0 spiro atoms. The fourth-order valence-corrected chi connectivity index (χ4v) is 3.05. The summed E-state index contributed by atoms with van der Waals surface area (Å²) in [5.74, 6) is 1.05. The predicted molar refractivity (Wildman–Crippen MR) is 106 cm³/mol. The van der Waals surface area contributed by atoms with E-state index in [1.54, 1.807) is 18.6 Å². The number of ether oxygens (including phenoxy) is 1. The third kappa shape index (κ3) is 4.15.